The quantitative estimate of drug-likeness (QED) is 0.634. The zero-order chi connectivity index (χ0) is 8.65. The molecule has 0 radical (unpaired) electrons. The van der Waals surface area contributed by atoms with Gasteiger partial charge in [0.25, 0.3) is 0 Å². The molecule has 3 nitrogen and oxygen atoms in total. The predicted molar refractivity (Wildman–Crippen MR) is 37.8 cm³/mol. The van der Waals surface area contributed by atoms with E-state index in [1.54, 1.807) is 0 Å². The molecule has 0 heterocycles. The Morgan fingerprint density at radius 2 is 2.27 bits per heavy atom. The van der Waals surface area contributed by atoms with Crippen LogP contribution >= 0.6 is 0 Å². The van der Waals surface area contributed by atoms with Crippen LogP contribution in [0.15, 0.2) is 0 Å². The van der Waals surface area contributed by atoms with Gasteiger partial charge < -0.3 is 10.8 Å². The van der Waals surface area contributed by atoms with Gasteiger partial charge in [0.1, 0.15) is 11.7 Å². The minimum absolute atomic E-state index is 0.167. The average Bonchev–Trinajstić information content (AvgIpc) is 2.66. The zero-order valence-electron chi connectivity index (χ0n) is 6.38. The van der Waals surface area contributed by atoms with Crippen LogP contribution in [0.2, 0.25) is 0 Å². The molecule has 64 valence electrons. The molecule has 1 aliphatic rings. The molecule has 1 saturated carbocycles. The Kier molecular flexibility index (Phi) is 1.88. The number of halogens is 1. The van der Waals surface area contributed by atoms with Crippen LogP contribution in [0, 0.1) is 5.92 Å². The molecule has 0 amide bonds. The maximum absolute atomic E-state index is 12.8. The Morgan fingerprint density at radius 3 is 2.36 bits per heavy atom. The molecule has 0 spiro atoms. The third kappa shape index (κ3) is 1.22. The van der Waals surface area contributed by atoms with Gasteiger partial charge in [-0.15, -0.1) is 0 Å². The largest absolute Gasteiger partial charge is 0.480 e. The molecule has 0 aromatic carbocycles. The van der Waals surface area contributed by atoms with Crippen molar-refractivity contribution in [1.29, 1.82) is 0 Å². The van der Waals surface area contributed by atoms with Crippen molar-refractivity contribution in [3.05, 3.63) is 0 Å². The van der Waals surface area contributed by atoms with E-state index in [-0.39, 0.29) is 5.92 Å². The van der Waals surface area contributed by atoms with Crippen molar-refractivity contribution in [3.8, 4) is 0 Å². The van der Waals surface area contributed by atoms with Crippen molar-refractivity contribution >= 4 is 5.97 Å². The van der Waals surface area contributed by atoms with Crippen molar-refractivity contribution in [3.63, 3.8) is 0 Å². The third-order valence-electron chi connectivity index (χ3n) is 2.28. The first-order chi connectivity index (χ1) is 4.99. The molecule has 0 bridgehead atoms. The van der Waals surface area contributed by atoms with Crippen molar-refractivity contribution in [2.24, 2.45) is 11.7 Å². The molecule has 11 heavy (non-hydrogen) atoms. The van der Waals surface area contributed by atoms with E-state index in [1.165, 1.54) is 6.92 Å². The van der Waals surface area contributed by atoms with Crippen LogP contribution in [0.3, 0.4) is 0 Å². The first kappa shape index (κ1) is 8.46. The summed E-state index contributed by atoms with van der Waals surface area (Å²) in [4.78, 5) is 10.6. The van der Waals surface area contributed by atoms with Crippen LogP contribution in [-0.4, -0.2) is 22.8 Å². The van der Waals surface area contributed by atoms with Crippen LogP contribution in [0.25, 0.3) is 0 Å². The van der Waals surface area contributed by atoms with Crippen molar-refractivity contribution in [2.75, 3.05) is 0 Å². The Hall–Kier alpha value is -0.640. The highest BCUT2D eigenvalue weighted by Crippen LogP contribution is 2.40. The van der Waals surface area contributed by atoms with Crippen LogP contribution < -0.4 is 5.73 Å². The summed E-state index contributed by atoms with van der Waals surface area (Å²) < 4.78 is 12.8. The van der Waals surface area contributed by atoms with Crippen LogP contribution in [-0.2, 0) is 4.79 Å². The van der Waals surface area contributed by atoms with Gasteiger partial charge in [-0.2, -0.15) is 0 Å². The average molecular weight is 161 g/mol. The highest BCUT2D eigenvalue weighted by atomic mass is 19.1. The Balaban J connectivity index is 2.77. The van der Waals surface area contributed by atoms with Gasteiger partial charge in [0.15, 0.2) is 0 Å². The number of hydrogen-bond acceptors (Lipinski definition) is 2. The number of aliphatic carboxylic acids is 1. The summed E-state index contributed by atoms with van der Waals surface area (Å²) >= 11 is 0. The summed E-state index contributed by atoms with van der Waals surface area (Å²) in [7, 11) is 0. The fraction of sp³-hybridized carbons (Fsp3) is 0.857. The summed E-state index contributed by atoms with van der Waals surface area (Å²) in [6.07, 6.45) is -0.0128. The number of rotatable bonds is 3. The molecular weight excluding hydrogens is 149 g/mol. The van der Waals surface area contributed by atoms with Crippen LogP contribution in [0.5, 0.6) is 0 Å². The second-order valence-electron chi connectivity index (χ2n) is 3.13. The van der Waals surface area contributed by atoms with Crippen LogP contribution in [0.1, 0.15) is 19.8 Å². The first-order valence-corrected chi connectivity index (χ1v) is 3.66. The standard InChI is InChI=1S/C7H12FNO2/c1-4(8)7(9,6(10)11)5-2-3-5/h4-5H,2-3,9H2,1H3,(H,10,11). The molecule has 0 saturated heterocycles. The number of nitrogens with two attached hydrogens (primary N) is 1. The highest BCUT2D eigenvalue weighted by Gasteiger charge is 2.52. The SMILES string of the molecule is CC(F)C(N)(C(=O)O)C1CC1. The molecule has 1 fully saturated rings. The molecule has 4 heteroatoms. The second kappa shape index (κ2) is 2.44. The summed E-state index contributed by atoms with van der Waals surface area (Å²) in [5.74, 6) is -1.39. The monoisotopic (exact) mass is 161 g/mol. The molecule has 0 aliphatic heterocycles. The molecule has 3 N–H and O–H groups in total. The number of carbonyl (C=O) groups is 1. The molecule has 2 unspecified atom stereocenters. The number of carboxylic acids is 1. The molecular formula is C7H12FNO2. The lowest BCUT2D eigenvalue weighted by Gasteiger charge is -2.25. The normalized spacial score (nSPS) is 25.7. The topological polar surface area (TPSA) is 63.3 Å². The van der Waals surface area contributed by atoms with Gasteiger partial charge in [-0.25, -0.2) is 4.39 Å². The summed E-state index contributed by atoms with van der Waals surface area (Å²) in [6, 6.07) is 0. The third-order valence-corrected chi connectivity index (χ3v) is 2.28. The van der Waals surface area contributed by atoms with E-state index < -0.39 is 17.7 Å². The van der Waals surface area contributed by atoms with Gasteiger partial charge >= 0.3 is 5.97 Å². The first-order valence-electron chi connectivity index (χ1n) is 3.66. The molecule has 1 aliphatic carbocycles. The minimum Gasteiger partial charge on any atom is -0.480 e. The second-order valence-corrected chi connectivity index (χ2v) is 3.13. The van der Waals surface area contributed by atoms with Crippen molar-refractivity contribution < 1.29 is 14.3 Å². The van der Waals surface area contributed by atoms with E-state index in [0.717, 1.165) is 12.8 Å². The fourth-order valence-electron chi connectivity index (χ4n) is 1.23. The van der Waals surface area contributed by atoms with Gasteiger partial charge in [-0.1, -0.05) is 0 Å². The molecule has 0 aromatic rings. The van der Waals surface area contributed by atoms with E-state index in [1.807, 2.05) is 0 Å². The lowest BCUT2D eigenvalue weighted by atomic mass is 9.90. The smallest absolute Gasteiger partial charge is 0.327 e. The Morgan fingerprint density at radius 1 is 1.82 bits per heavy atom. The van der Waals surface area contributed by atoms with Gasteiger partial charge in [0.2, 0.25) is 0 Å². The van der Waals surface area contributed by atoms with E-state index in [9.17, 15) is 9.18 Å². The molecule has 2 atom stereocenters. The fourth-order valence-corrected chi connectivity index (χ4v) is 1.23. The summed E-state index contributed by atoms with van der Waals surface area (Å²) in [5, 5.41) is 8.65. The van der Waals surface area contributed by atoms with E-state index in [2.05, 4.69) is 0 Å². The lowest BCUT2D eigenvalue weighted by molar-refractivity contribution is -0.146. The highest BCUT2D eigenvalue weighted by molar-refractivity contribution is 5.80. The van der Waals surface area contributed by atoms with Gasteiger partial charge in [0.05, 0.1) is 0 Å². The summed E-state index contributed by atoms with van der Waals surface area (Å²) in [6.45, 7) is 1.20. The van der Waals surface area contributed by atoms with Gasteiger partial charge in [-0.3, -0.25) is 4.79 Å². The predicted octanol–water partition coefficient (Wildman–Crippen LogP) is 0.536. The molecule has 0 aromatic heterocycles. The summed E-state index contributed by atoms with van der Waals surface area (Å²) in [5.41, 5.74) is 3.78. The molecule has 1 rings (SSSR count). The maximum Gasteiger partial charge on any atom is 0.327 e. The van der Waals surface area contributed by atoms with Crippen LogP contribution in [0.4, 0.5) is 4.39 Å². The number of alkyl halides is 1. The number of carboxylic acid groups (broad SMARTS) is 1. The number of hydrogen-bond donors (Lipinski definition) is 2. The van der Waals surface area contributed by atoms with Crippen molar-refractivity contribution in [1.82, 2.24) is 0 Å². The maximum atomic E-state index is 12.8. The van der Waals surface area contributed by atoms with Gasteiger partial charge in [-0.05, 0) is 25.7 Å². The minimum atomic E-state index is -1.64. The lowest BCUT2D eigenvalue weighted by Crippen LogP contribution is -2.56. The zero-order valence-corrected chi connectivity index (χ0v) is 6.38. The van der Waals surface area contributed by atoms with Crippen molar-refractivity contribution in [2.45, 2.75) is 31.5 Å². The van der Waals surface area contributed by atoms with E-state index >= 15 is 0 Å². The van der Waals surface area contributed by atoms with E-state index in [0.29, 0.717) is 0 Å². The Labute approximate surface area is 64.4 Å². The van der Waals surface area contributed by atoms with Gasteiger partial charge in [0, 0.05) is 0 Å². The van der Waals surface area contributed by atoms with E-state index in [4.69, 9.17) is 10.8 Å². The Bertz CT molecular complexity index is 175.